The average Bonchev–Trinajstić information content (AvgIpc) is 2.23. The molecule has 0 saturated heterocycles. The number of hydrogen-bond acceptors (Lipinski definition) is 4. The van der Waals surface area contributed by atoms with Gasteiger partial charge in [0.2, 0.25) is 13.9 Å². The normalized spacial score (nSPS) is 17.2. The Labute approximate surface area is 145 Å². The van der Waals surface area contributed by atoms with Gasteiger partial charge in [-0.15, -0.1) is 0 Å². The minimum Gasteiger partial charge on any atom is -0.369 e. The molecule has 0 aromatic carbocycles. The predicted octanol–water partition coefficient (Wildman–Crippen LogP) is 2.07. The lowest BCUT2D eigenvalue weighted by Crippen LogP contribution is -2.49. The van der Waals surface area contributed by atoms with E-state index in [9.17, 15) is 15.0 Å². The van der Waals surface area contributed by atoms with Crippen LogP contribution in [0.25, 0.3) is 0 Å². The quantitative estimate of drug-likeness (QED) is 0.411. The summed E-state index contributed by atoms with van der Waals surface area (Å²) in [7, 11) is 0. The van der Waals surface area contributed by atoms with Gasteiger partial charge in [-0.3, -0.25) is 0 Å². The van der Waals surface area contributed by atoms with E-state index in [-0.39, 0.29) is 6.54 Å². The van der Waals surface area contributed by atoms with Crippen LogP contribution in [0.2, 0.25) is 0 Å². The van der Waals surface area contributed by atoms with Crippen molar-refractivity contribution in [3.05, 3.63) is 0 Å². The molecule has 0 spiro atoms. The molecule has 120 valence electrons. The van der Waals surface area contributed by atoms with Crippen LogP contribution >= 0.6 is 69.6 Å². The van der Waals surface area contributed by atoms with Crippen LogP contribution in [-0.2, 0) is 4.74 Å². The van der Waals surface area contributed by atoms with Gasteiger partial charge in [0.05, 0.1) is 6.10 Å². The van der Waals surface area contributed by atoms with E-state index in [1.807, 2.05) is 5.32 Å². The standard InChI is InChI=1S/C8H12Cl6N2O4/c1-3(20-5(18)8(12,13)14)2-15-6(19)16-4(17)7(9,10)11/h3-5,17-18H,2H2,1H3,(H2,15,16,19). The molecule has 0 saturated carbocycles. The highest BCUT2D eigenvalue weighted by atomic mass is 35.6. The summed E-state index contributed by atoms with van der Waals surface area (Å²) in [6.07, 6.45) is -4.05. The third-order valence-corrected chi connectivity index (χ3v) is 2.95. The zero-order valence-electron chi connectivity index (χ0n) is 9.92. The SMILES string of the molecule is CC(CNC(=O)NC(O)C(Cl)(Cl)Cl)OC(O)C(Cl)(Cl)Cl. The van der Waals surface area contributed by atoms with Crippen molar-refractivity contribution in [1.82, 2.24) is 10.6 Å². The summed E-state index contributed by atoms with van der Waals surface area (Å²) < 4.78 is 0.838. The lowest BCUT2D eigenvalue weighted by molar-refractivity contribution is -0.125. The Morgan fingerprint density at radius 1 is 1.15 bits per heavy atom. The first-order valence-electron chi connectivity index (χ1n) is 5.03. The zero-order chi connectivity index (χ0) is 16.1. The second kappa shape index (κ2) is 8.50. The van der Waals surface area contributed by atoms with Gasteiger partial charge in [0.25, 0.3) is 0 Å². The van der Waals surface area contributed by atoms with Gasteiger partial charge in [0.1, 0.15) is 0 Å². The lowest BCUT2D eigenvalue weighted by atomic mass is 10.4. The summed E-state index contributed by atoms with van der Waals surface area (Å²) in [5.74, 6) is 0. The first-order valence-corrected chi connectivity index (χ1v) is 7.30. The maximum Gasteiger partial charge on any atom is 0.317 e. The monoisotopic (exact) mass is 410 g/mol. The third-order valence-electron chi connectivity index (χ3n) is 1.77. The van der Waals surface area contributed by atoms with E-state index >= 15 is 0 Å². The third kappa shape index (κ3) is 9.02. The number of hydrogen-bond donors (Lipinski definition) is 4. The van der Waals surface area contributed by atoms with Gasteiger partial charge in [-0.25, -0.2) is 4.79 Å². The molecule has 0 aliphatic rings. The molecule has 0 aliphatic heterocycles. The van der Waals surface area contributed by atoms with Crippen molar-refractivity contribution in [2.24, 2.45) is 0 Å². The predicted molar refractivity (Wildman–Crippen MR) is 79.7 cm³/mol. The van der Waals surface area contributed by atoms with Gasteiger partial charge in [-0.2, -0.15) is 0 Å². The van der Waals surface area contributed by atoms with Crippen LogP contribution in [0.3, 0.4) is 0 Å². The van der Waals surface area contributed by atoms with Crippen molar-refractivity contribution in [1.29, 1.82) is 0 Å². The molecule has 0 aliphatic carbocycles. The van der Waals surface area contributed by atoms with Gasteiger partial charge in [-0.05, 0) is 6.92 Å². The Morgan fingerprint density at radius 3 is 2.05 bits per heavy atom. The van der Waals surface area contributed by atoms with Crippen LogP contribution in [-0.4, -0.2) is 49.0 Å². The van der Waals surface area contributed by atoms with E-state index in [1.54, 1.807) is 0 Å². The maximum absolute atomic E-state index is 11.3. The number of aliphatic hydroxyl groups excluding tert-OH is 2. The molecule has 3 atom stereocenters. The van der Waals surface area contributed by atoms with Crippen LogP contribution in [0.5, 0.6) is 0 Å². The van der Waals surface area contributed by atoms with E-state index in [1.165, 1.54) is 6.92 Å². The summed E-state index contributed by atoms with van der Waals surface area (Å²) in [4.78, 5) is 11.3. The number of ether oxygens (including phenoxy) is 1. The number of rotatable bonds is 5. The number of carbonyl (C=O) groups excluding carboxylic acids is 1. The maximum atomic E-state index is 11.3. The van der Waals surface area contributed by atoms with Crippen LogP contribution in [0.1, 0.15) is 6.92 Å². The van der Waals surface area contributed by atoms with Crippen molar-refractivity contribution < 1.29 is 19.7 Å². The van der Waals surface area contributed by atoms with E-state index in [0.29, 0.717) is 0 Å². The second-order valence-electron chi connectivity index (χ2n) is 3.64. The van der Waals surface area contributed by atoms with Crippen LogP contribution in [0, 0.1) is 0 Å². The van der Waals surface area contributed by atoms with Crippen LogP contribution < -0.4 is 10.6 Å². The smallest absolute Gasteiger partial charge is 0.317 e. The van der Waals surface area contributed by atoms with Crippen molar-refractivity contribution in [3.8, 4) is 0 Å². The van der Waals surface area contributed by atoms with Crippen molar-refractivity contribution in [3.63, 3.8) is 0 Å². The van der Waals surface area contributed by atoms with Crippen molar-refractivity contribution >= 4 is 75.6 Å². The number of carbonyl (C=O) groups is 1. The van der Waals surface area contributed by atoms with Gasteiger partial charge in [0.15, 0.2) is 6.23 Å². The van der Waals surface area contributed by atoms with Gasteiger partial charge in [-0.1, -0.05) is 69.6 Å². The summed E-state index contributed by atoms with van der Waals surface area (Å²) in [5, 5.41) is 22.9. The fraction of sp³-hybridized carbons (Fsp3) is 0.875. The summed E-state index contributed by atoms with van der Waals surface area (Å²) in [5.41, 5.74) is 0. The fourth-order valence-electron chi connectivity index (χ4n) is 0.839. The van der Waals surface area contributed by atoms with E-state index < -0.39 is 32.2 Å². The molecule has 0 heterocycles. The largest absolute Gasteiger partial charge is 0.369 e. The Bertz CT molecular complexity index is 321. The molecule has 0 aromatic rings. The first kappa shape index (κ1) is 20.9. The van der Waals surface area contributed by atoms with Crippen LogP contribution in [0.15, 0.2) is 0 Å². The van der Waals surface area contributed by atoms with Crippen molar-refractivity contribution in [2.75, 3.05) is 6.54 Å². The van der Waals surface area contributed by atoms with E-state index in [2.05, 4.69) is 5.32 Å². The number of halogens is 6. The first-order chi connectivity index (χ1) is 8.84. The lowest BCUT2D eigenvalue weighted by Gasteiger charge is -2.24. The van der Waals surface area contributed by atoms with Gasteiger partial charge >= 0.3 is 6.03 Å². The van der Waals surface area contributed by atoms with Crippen molar-refractivity contribution in [2.45, 2.75) is 33.1 Å². The number of aliphatic hydroxyl groups is 2. The molecule has 12 heteroatoms. The minimum atomic E-state index is -2.06. The minimum absolute atomic E-state index is 0.0593. The Morgan fingerprint density at radius 2 is 1.65 bits per heavy atom. The molecule has 6 nitrogen and oxygen atoms in total. The summed E-state index contributed by atoms with van der Waals surface area (Å²) in [6, 6.07) is -0.817. The van der Waals surface area contributed by atoms with Gasteiger partial charge < -0.3 is 25.6 Å². The number of nitrogens with one attached hydrogen (secondary N) is 2. The highest BCUT2D eigenvalue weighted by Crippen LogP contribution is 2.31. The second-order valence-corrected chi connectivity index (χ2v) is 8.38. The van der Waals surface area contributed by atoms with E-state index in [4.69, 9.17) is 74.3 Å². The number of alkyl halides is 6. The molecule has 0 rings (SSSR count). The molecule has 0 aromatic heterocycles. The average molecular weight is 413 g/mol. The number of amides is 2. The summed E-state index contributed by atoms with van der Waals surface area (Å²) in [6.45, 7) is 1.45. The fourth-order valence-corrected chi connectivity index (χ4v) is 1.16. The van der Waals surface area contributed by atoms with Crippen LogP contribution in [0.4, 0.5) is 4.79 Å². The molecular formula is C8H12Cl6N2O4. The molecule has 20 heavy (non-hydrogen) atoms. The molecule has 0 bridgehead atoms. The summed E-state index contributed by atoms with van der Waals surface area (Å²) >= 11 is 32.2. The highest BCUT2D eigenvalue weighted by Gasteiger charge is 2.34. The molecule has 3 unspecified atom stereocenters. The topological polar surface area (TPSA) is 90.8 Å². The molecule has 0 fully saturated rings. The molecule has 0 radical (unpaired) electrons. The molecule has 4 N–H and O–H groups in total. The Hall–Kier alpha value is 0.890. The molecule has 2 amide bonds. The Kier molecular flexibility index (Phi) is 8.88. The zero-order valence-corrected chi connectivity index (χ0v) is 14.5. The molecular weight excluding hydrogens is 401 g/mol. The highest BCUT2D eigenvalue weighted by molar-refractivity contribution is 6.68. The van der Waals surface area contributed by atoms with E-state index in [0.717, 1.165) is 0 Å². The number of urea groups is 1. The Balaban J connectivity index is 4.08. The van der Waals surface area contributed by atoms with Gasteiger partial charge in [0, 0.05) is 6.54 Å².